The molecule has 0 radical (unpaired) electrons. The lowest BCUT2D eigenvalue weighted by molar-refractivity contribution is 1.15. The quantitative estimate of drug-likeness (QED) is 0.409. The second-order valence-electron chi connectivity index (χ2n) is 5.71. The molecule has 0 saturated carbocycles. The lowest BCUT2D eigenvalue weighted by Crippen LogP contribution is -2.14. The molecule has 0 fully saturated rings. The molecule has 0 aromatic heterocycles. The Labute approximate surface area is 135 Å². The van der Waals surface area contributed by atoms with E-state index in [1.807, 2.05) is 11.8 Å². The minimum absolute atomic E-state index is 1.21. The van der Waals surface area contributed by atoms with Gasteiger partial charge in [0.2, 0.25) is 0 Å². The van der Waals surface area contributed by atoms with Crippen molar-refractivity contribution in [3.63, 3.8) is 0 Å². The summed E-state index contributed by atoms with van der Waals surface area (Å²) in [7, 11) is 0. The van der Waals surface area contributed by atoms with E-state index in [0.717, 1.165) is 0 Å². The fourth-order valence-corrected chi connectivity index (χ4v) is 3.99. The topological polar surface area (TPSA) is 3.24 Å². The zero-order valence-electron chi connectivity index (χ0n) is 12.7. The summed E-state index contributed by atoms with van der Waals surface area (Å²) in [5.41, 5.74) is 6.32. The van der Waals surface area contributed by atoms with E-state index in [2.05, 4.69) is 85.5 Å². The van der Waals surface area contributed by atoms with Crippen LogP contribution in [0.4, 0.5) is 17.1 Å². The Morgan fingerprint density at radius 1 is 0.682 bits per heavy atom. The monoisotopic (exact) mass is 303 g/mol. The summed E-state index contributed by atoms with van der Waals surface area (Å²) < 4.78 is 0. The summed E-state index contributed by atoms with van der Waals surface area (Å²) in [5, 5.41) is 0. The smallest absolute Gasteiger partial charge is 0.0601 e. The maximum Gasteiger partial charge on any atom is 0.0601 e. The predicted octanol–water partition coefficient (Wildman–Crippen LogP) is 6.24. The number of anilines is 3. The molecule has 0 unspecified atom stereocenters. The van der Waals surface area contributed by atoms with Gasteiger partial charge in [-0.2, -0.15) is 0 Å². The maximum absolute atomic E-state index is 2.36. The average Bonchev–Trinajstić information content (AvgIpc) is 2.53. The number of aryl methyl sites for hydroxylation is 2. The number of para-hydroxylation sites is 1. The van der Waals surface area contributed by atoms with Crippen molar-refractivity contribution >= 4 is 28.8 Å². The Bertz CT molecular complexity index is 837. The van der Waals surface area contributed by atoms with Crippen LogP contribution >= 0.6 is 11.8 Å². The van der Waals surface area contributed by atoms with Crippen molar-refractivity contribution in [1.82, 2.24) is 0 Å². The fraction of sp³-hybridized carbons (Fsp3) is 0.100. The van der Waals surface area contributed by atoms with Crippen LogP contribution in [0.2, 0.25) is 0 Å². The highest BCUT2D eigenvalue weighted by atomic mass is 32.2. The molecule has 0 aliphatic carbocycles. The normalized spacial score (nSPS) is 12.7. The summed E-state index contributed by atoms with van der Waals surface area (Å²) >= 11 is 1.86. The molecule has 1 aliphatic rings. The van der Waals surface area contributed by atoms with Gasteiger partial charge in [0, 0.05) is 15.5 Å². The molecule has 0 spiro atoms. The first-order valence-electron chi connectivity index (χ1n) is 7.47. The Kier molecular flexibility index (Phi) is 3.20. The van der Waals surface area contributed by atoms with Crippen molar-refractivity contribution in [2.45, 2.75) is 23.6 Å². The highest BCUT2D eigenvalue weighted by Gasteiger charge is 2.24. The lowest BCUT2D eigenvalue weighted by atomic mass is 10.1. The van der Waals surface area contributed by atoms with Gasteiger partial charge in [-0.1, -0.05) is 47.7 Å². The molecule has 3 aromatic carbocycles. The second kappa shape index (κ2) is 5.22. The van der Waals surface area contributed by atoms with Crippen LogP contribution in [0.3, 0.4) is 0 Å². The van der Waals surface area contributed by atoms with E-state index in [1.165, 1.54) is 38.0 Å². The largest absolute Gasteiger partial charge is 0.308 e. The molecule has 0 atom stereocenters. The molecular weight excluding hydrogens is 286 g/mol. The molecule has 1 heterocycles. The molecule has 4 rings (SSSR count). The van der Waals surface area contributed by atoms with Gasteiger partial charge < -0.3 is 4.90 Å². The molecule has 1 nitrogen and oxygen atoms in total. The van der Waals surface area contributed by atoms with Crippen molar-refractivity contribution in [2.75, 3.05) is 4.90 Å². The van der Waals surface area contributed by atoms with Crippen LogP contribution in [0.1, 0.15) is 11.1 Å². The standard InChI is InChI=1S/C20H17NS/c1-14-7-10-16(11-8-14)21-17-5-3-4-6-19(17)22-20-13-15(2)9-12-18(20)21/h3-13H,1-2H3. The van der Waals surface area contributed by atoms with Crippen LogP contribution in [0, 0.1) is 13.8 Å². The third-order valence-corrected chi connectivity index (χ3v) is 5.09. The third kappa shape index (κ3) is 2.20. The first kappa shape index (κ1) is 13.5. The van der Waals surface area contributed by atoms with Crippen molar-refractivity contribution in [3.05, 3.63) is 77.9 Å². The first-order valence-corrected chi connectivity index (χ1v) is 8.28. The zero-order valence-corrected chi connectivity index (χ0v) is 13.5. The molecule has 3 aromatic rings. The second-order valence-corrected chi connectivity index (χ2v) is 6.80. The fourth-order valence-electron chi connectivity index (χ4n) is 2.84. The van der Waals surface area contributed by atoms with Crippen LogP contribution in [-0.4, -0.2) is 0 Å². The maximum atomic E-state index is 2.36. The number of hydrogen-bond donors (Lipinski definition) is 0. The van der Waals surface area contributed by atoms with Crippen LogP contribution in [-0.2, 0) is 0 Å². The van der Waals surface area contributed by atoms with Crippen LogP contribution in [0.5, 0.6) is 0 Å². The minimum Gasteiger partial charge on any atom is -0.308 e. The van der Waals surface area contributed by atoms with Gasteiger partial charge in [0.05, 0.1) is 11.4 Å². The SMILES string of the molecule is Cc1ccc(N2c3ccccc3Sc3cc(C)ccc32)cc1. The van der Waals surface area contributed by atoms with Gasteiger partial charge in [0.1, 0.15) is 0 Å². The number of fused-ring (bicyclic) bond motifs is 2. The van der Waals surface area contributed by atoms with Gasteiger partial charge >= 0.3 is 0 Å². The molecule has 0 bridgehead atoms. The van der Waals surface area contributed by atoms with Crippen LogP contribution in [0.25, 0.3) is 0 Å². The third-order valence-electron chi connectivity index (χ3n) is 3.97. The van der Waals surface area contributed by atoms with E-state index in [9.17, 15) is 0 Å². The van der Waals surface area contributed by atoms with Gasteiger partial charge in [-0.25, -0.2) is 0 Å². The van der Waals surface area contributed by atoms with E-state index in [0.29, 0.717) is 0 Å². The van der Waals surface area contributed by atoms with E-state index in [-0.39, 0.29) is 0 Å². The molecule has 0 N–H and O–H groups in total. The highest BCUT2D eigenvalue weighted by Crippen LogP contribution is 2.51. The van der Waals surface area contributed by atoms with Crippen molar-refractivity contribution in [1.29, 1.82) is 0 Å². The molecular formula is C20H17NS. The van der Waals surface area contributed by atoms with E-state index in [4.69, 9.17) is 0 Å². The number of hydrogen-bond acceptors (Lipinski definition) is 2. The molecule has 0 saturated heterocycles. The summed E-state index contributed by atoms with van der Waals surface area (Å²) in [5.74, 6) is 0. The van der Waals surface area contributed by atoms with E-state index in [1.54, 1.807) is 0 Å². The van der Waals surface area contributed by atoms with E-state index < -0.39 is 0 Å². The van der Waals surface area contributed by atoms with Crippen molar-refractivity contribution in [3.8, 4) is 0 Å². The molecule has 1 aliphatic heterocycles. The Balaban J connectivity index is 1.95. The van der Waals surface area contributed by atoms with Crippen molar-refractivity contribution in [2.24, 2.45) is 0 Å². The Morgan fingerprint density at radius 2 is 1.36 bits per heavy atom. The molecule has 22 heavy (non-hydrogen) atoms. The van der Waals surface area contributed by atoms with Gasteiger partial charge in [-0.3, -0.25) is 0 Å². The Morgan fingerprint density at radius 3 is 2.18 bits per heavy atom. The predicted molar refractivity (Wildman–Crippen MR) is 94.7 cm³/mol. The first-order chi connectivity index (χ1) is 10.7. The summed E-state index contributed by atoms with van der Waals surface area (Å²) in [4.78, 5) is 4.99. The number of rotatable bonds is 1. The van der Waals surface area contributed by atoms with Gasteiger partial charge in [-0.05, 0) is 55.8 Å². The van der Waals surface area contributed by atoms with Crippen LogP contribution < -0.4 is 4.90 Å². The minimum atomic E-state index is 1.21. The van der Waals surface area contributed by atoms with Gasteiger partial charge in [0.25, 0.3) is 0 Å². The van der Waals surface area contributed by atoms with Crippen molar-refractivity contribution < 1.29 is 0 Å². The average molecular weight is 303 g/mol. The highest BCUT2D eigenvalue weighted by molar-refractivity contribution is 7.99. The molecule has 0 amide bonds. The zero-order chi connectivity index (χ0) is 15.1. The Hall–Kier alpha value is -2.19. The van der Waals surface area contributed by atoms with Gasteiger partial charge in [-0.15, -0.1) is 0 Å². The summed E-state index contributed by atoms with van der Waals surface area (Å²) in [6, 6.07) is 24.1. The van der Waals surface area contributed by atoms with Crippen LogP contribution in [0.15, 0.2) is 76.5 Å². The molecule has 2 heteroatoms. The van der Waals surface area contributed by atoms with E-state index >= 15 is 0 Å². The molecule has 108 valence electrons. The summed E-state index contributed by atoms with van der Waals surface area (Å²) in [6.07, 6.45) is 0. The number of benzene rings is 3. The summed E-state index contributed by atoms with van der Waals surface area (Å²) in [6.45, 7) is 4.28. The lowest BCUT2D eigenvalue weighted by Gasteiger charge is -2.33. The number of nitrogens with zero attached hydrogens (tertiary/aromatic N) is 1. The van der Waals surface area contributed by atoms with Gasteiger partial charge in [0.15, 0.2) is 0 Å².